The van der Waals surface area contributed by atoms with Crippen molar-refractivity contribution in [2.24, 2.45) is 0 Å². The van der Waals surface area contributed by atoms with Crippen molar-refractivity contribution < 1.29 is 23.7 Å². The second-order valence-corrected chi connectivity index (χ2v) is 27.4. The topological polar surface area (TPSA) is 231 Å². The molecule has 3 heterocycles. The number of nitrogens with one attached hydrogen (secondary N) is 1. The van der Waals surface area contributed by atoms with Gasteiger partial charge < -0.3 is 83.0 Å². The van der Waals surface area contributed by atoms with Gasteiger partial charge in [-0.05, 0) is 215 Å². The number of piperidine rings is 1. The zero-order chi connectivity index (χ0) is 69.5. The number of nitrogens with zero attached hydrogens (tertiary/aromatic N) is 5. The Bertz CT molecular complexity index is 3350. The summed E-state index contributed by atoms with van der Waals surface area (Å²) >= 11 is 36.2. The third-order valence-electron chi connectivity index (χ3n) is 15.9. The van der Waals surface area contributed by atoms with Crippen LogP contribution in [0.1, 0.15) is 69.8 Å². The number of nitrogen functional groups attached to an aromatic ring is 6. The second-order valence-electron chi connectivity index (χ2n) is 25.0. The molecule has 0 aromatic heterocycles. The van der Waals surface area contributed by atoms with Crippen LogP contribution in [-0.2, 0) is 6.54 Å². The molecule has 17 nitrogen and oxygen atoms in total. The van der Waals surface area contributed by atoms with Crippen molar-refractivity contribution in [1.82, 2.24) is 24.5 Å². The van der Waals surface area contributed by atoms with E-state index in [1.165, 1.54) is 24.8 Å². The summed E-state index contributed by atoms with van der Waals surface area (Å²) in [6.45, 7) is 10.5. The van der Waals surface area contributed by atoms with Gasteiger partial charge in [-0.1, -0.05) is 106 Å². The predicted octanol–water partition coefficient (Wildman–Crippen LogP) is 15.8. The van der Waals surface area contributed by atoms with Crippen LogP contribution in [0, 0.1) is 0 Å². The first-order valence-corrected chi connectivity index (χ1v) is 35.0. The highest BCUT2D eigenvalue weighted by atomic mass is 35.5. The van der Waals surface area contributed by atoms with Gasteiger partial charge in [0.15, 0.2) is 0 Å². The molecule has 7 aromatic carbocycles. The molecular weight excluding hydrogens is 1340 g/mol. The van der Waals surface area contributed by atoms with Crippen molar-refractivity contribution in [3.05, 3.63) is 175 Å². The fourth-order valence-corrected chi connectivity index (χ4v) is 12.1. The van der Waals surface area contributed by atoms with E-state index in [4.69, 9.17) is 128 Å². The summed E-state index contributed by atoms with van der Waals surface area (Å²) in [5.41, 5.74) is 40.1. The van der Waals surface area contributed by atoms with Crippen LogP contribution < -0.4 is 63.4 Å². The molecule has 1 saturated carbocycles. The number of hydrogen-bond acceptors (Lipinski definition) is 17. The highest BCUT2D eigenvalue weighted by molar-refractivity contribution is 6.34. The summed E-state index contributed by atoms with van der Waals surface area (Å²) in [7, 11) is 12.3. The van der Waals surface area contributed by atoms with E-state index >= 15 is 0 Å². The molecule has 0 bridgehead atoms. The maximum absolute atomic E-state index is 6.22. The Hall–Kier alpha value is -6.32. The SMILES string of the molecule is CN(C)CCCOc1ccc(N)cc1Cl.CN(C)CCOc1ccc(N)cc1Cl.CN1CCC(Oc2ccc(N)cc2Cl)C1.CN1CCC(Oc2ccc(N)cc2Cl)CC1.Nc1ccc(NC2CCN(Cc3ccccc3)C2)c(Cl)c1.Nc1ccc(OC2CCCCC2)c(Cl)c1. The van der Waals surface area contributed by atoms with Gasteiger partial charge in [-0.15, -0.1) is 0 Å². The van der Waals surface area contributed by atoms with Crippen LogP contribution in [0.15, 0.2) is 140 Å². The Morgan fingerprint density at radius 3 is 1.26 bits per heavy atom. The van der Waals surface area contributed by atoms with Crippen molar-refractivity contribution in [2.45, 2.75) is 95.1 Å². The molecule has 1 aliphatic carbocycles. The van der Waals surface area contributed by atoms with Crippen molar-refractivity contribution in [3.8, 4) is 28.7 Å². The number of likely N-dealkylation sites (tertiary alicyclic amines) is 3. The molecule has 3 aliphatic heterocycles. The first kappa shape index (κ1) is 78.7. The molecule has 23 heteroatoms. The normalized spacial score (nSPS) is 16.6. The molecular formula is C73H100Cl6N12O5. The Labute approximate surface area is 600 Å². The Morgan fingerprint density at radius 2 is 0.823 bits per heavy atom. The summed E-state index contributed by atoms with van der Waals surface area (Å²) in [4.78, 5) is 11.2. The number of nitrogens with two attached hydrogens (primary N) is 6. The molecule has 13 N–H and O–H groups in total. The summed E-state index contributed by atoms with van der Waals surface area (Å²) < 4.78 is 28.5. The third kappa shape index (κ3) is 29.8. The lowest BCUT2D eigenvalue weighted by Crippen LogP contribution is -2.35. The van der Waals surface area contributed by atoms with Crippen LogP contribution in [-0.4, -0.2) is 157 Å². The first-order chi connectivity index (χ1) is 45.9. The van der Waals surface area contributed by atoms with Crippen LogP contribution in [0.4, 0.5) is 39.8 Å². The van der Waals surface area contributed by atoms with E-state index in [-0.39, 0.29) is 12.2 Å². The molecule has 4 fully saturated rings. The lowest BCUT2D eigenvalue weighted by atomic mass is 9.98. The van der Waals surface area contributed by atoms with Gasteiger partial charge in [-0.3, -0.25) is 4.90 Å². The fourth-order valence-electron chi connectivity index (χ4n) is 10.6. The molecule has 0 amide bonds. The van der Waals surface area contributed by atoms with Crippen LogP contribution >= 0.6 is 69.6 Å². The van der Waals surface area contributed by atoms with Gasteiger partial charge in [0.1, 0.15) is 47.6 Å². The minimum Gasteiger partial charge on any atom is -0.492 e. The Kier molecular flexibility index (Phi) is 34.3. The van der Waals surface area contributed by atoms with E-state index in [0.717, 1.165) is 127 Å². The van der Waals surface area contributed by atoms with Gasteiger partial charge in [-0.25, -0.2) is 0 Å². The van der Waals surface area contributed by atoms with Crippen LogP contribution in [0.2, 0.25) is 30.1 Å². The molecule has 2 unspecified atom stereocenters. The number of hydrogen-bond donors (Lipinski definition) is 7. The molecule has 2 atom stereocenters. The molecule has 96 heavy (non-hydrogen) atoms. The van der Waals surface area contributed by atoms with Crippen molar-refractivity contribution in [1.29, 1.82) is 0 Å². The molecule has 4 aliphatic rings. The van der Waals surface area contributed by atoms with Crippen LogP contribution in [0.5, 0.6) is 28.7 Å². The number of ether oxygens (including phenoxy) is 5. The fraction of sp³-hybridized carbons (Fsp3) is 0.425. The van der Waals surface area contributed by atoms with Crippen LogP contribution in [0.25, 0.3) is 0 Å². The molecule has 7 aromatic rings. The van der Waals surface area contributed by atoms with Gasteiger partial charge in [-0.2, -0.15) is 0 Å². The van der Waals surface area contributed by atoms with Crippen molar-refractivity contribution in [3.63, 3.8) is 0 Å². The lowest BCUT2D eigenvalue weighted by Gasteiger charge is -2.29. The zero-order valence-electron chi connectivity index (χ0n) is 56.4. The lowest BCUT2D eigenvalue weighted by molar-refractivity contribution is 0.114. The highest BCUT2D eigenvalue weighted by Crippen LogP contribution is 2.34. The molecule has 0 spiro atoms. The zero-order valence-corrected chi connectivity index (χ0v) is 61.0. The third-order valence-corrected chi connectivity index (χ3v) is 17.7. The number of halogens is 6. The predicted molar refractivity (Wildman–Crippen MR) is 407 cm³/mol. The smallest absolute Gasteiger partial charge is 0.138 e. The quantitative estimate of drug-likeness (QED) is 0.0295. The van der Waals surface area contributed by atoms with Gasteiger partial charge >= 0.3 is 0 Å². The first-order valence-electron chi connectivity index (χ1n) is 32.7. The summed E-state index contributed by atoms with van der Waals surface area (Å²) in [5.74, 6) is 3.61. The summed E-state index contributed by atoms with van der Waals surface area (Å²) in [6, 6.07) is 43.3. The standard InChI is InChI=1S/C17H20ClN3.C12H17ClN2O.C12H16ClNO.C11H15ClN2O.C11H17ClN2O.C10H15ClN2O/c18-16-10-14(19)6-7-17(16)20-15-8-9-21(12-15)11-13-4-2-1-3-5-13;1-15-6-4-10(5-7-15)16-12-3-2-9(14)8-11(12)13;13-11-8-9(14)6-7-12(11)15-10-4-2-1-3-5-10;1-14-5-4-9(7-14)15-11-3-2-8(13)6-10(11)12;1-14(2)6-3-7-15-11-5-4-9(13)8-10(11)12;1-13(2)5-6-14-10-4-3-8(12)7-9(10)11/h1-7,10,15,20H,8-9,11-12,19H2;2-3,8,10H,4-7,14H2,1H3;6-8,10H,1-5,14H2;2-3,6,9H,4-5,7,13H2,1H3;4-5,8H,3,6-7,13H2,1-2H3;3-4,7H,5-6,12H2,1-2H3. The minimum absolute atomic E-state index is 0.246. The average molecular weight is 1440 g/mol. The highest BCUT2D eigenvalue weighted by Gasteiger charge is 2.24. The number of rotatable bonds is 19. The monoisotopic (exact) mass is 1430 g/mol. The number of benzene rings is 7. The van der Waals surface area contributed by atoms with Crippen molar-refractivity contribution in [2.75, 3.05) is 148 Å². The van der Waals surface area contributed by atoms with E-state index in [2.05, 4.69) is 69.3 Å². The van der Waals surface area contributed by atoms with E-state index in [9.17, 15) is 0 Å². The Morgan fingerprint density at radius 1 is 0.417 bits per heavy atom. The molecule has 0 radical (unpaired) electrons. The van der Waals surface area contributed by atoms with E-state index in [0.29, 0.717) is 101 Å². The minimum atomic E-state index is 0.246. The Balaban J connectivity index is 0.000000183. The van der Waals surface area contributed by atoms with Gasteiger partial charge in [0.25, 0.3) is 0 Å². The maximum atomic E-state index is 6.22. The molecule has 3 saturated heterocycles. The average Bonchev–Trinajstić information content (AvgIpc) is 1.88. The number of likely N-dealkylation sites (N-methyl/N-ethyl adjacent to an activating group) is 2. The second kappa shape index (κ2) is 41.8. The van der Waals surface area contributed by atoms with Crippen molar-refractivity contribution >= 4 is 109 Å². The van der Waals surface area contributed by atoms with Crippen LogP contribution in [0.3, 0.4) is 0 Å². The van der Waals surface area contributed by atoms with Gasteiger partial charge in [0, 0.05) is 99.1 Å². The molecule has 524 valence electrons. The largest absolute Gasteiger partial charge is 0.492 e. The summed E-state index contributed by atoms with van der Waals surface area (Å²) in [5, 5.41) is 7.14. The van der Waals surface area contributed by atoms with E-state index < -0.39 is 0 Å². The van der Waals surface area contributed by atoms with Gasteiger partial charge in [0.05, 0.1) is 48.5 Å². The van der Waals surface area contributed by atoms with E-state index in [1.807, 2.05) is 75.6 Å². The number of anilines is 7. The summed E-state index contributed by atoms with van der Waals surface area (Å²) in [6.07, 6.45) is 12.3. The maximum Gasteiger partial charge on any atom is 0.138 e. The van der Waals surface area contributed by atoms with E-state index in [1.54, 1.807) is 66.7 Å². The van der Waals surface area contributed by atoms with Gasteiger partial charge in [0.2, 0.25) is 0 Å². The molecule has 11 rings (SSSR count).